The number of methoxy groups -OCH3 is 1. The van der Waals surface area contributed by atoms with Crippen molar-refractivity contribution in [3.05, 3.63) is 83.1 Å². The monoisotopic (exact) mass is 562 g/mol. The first-order valence-corrected chi connectivity index (χ1v) is 12.9. The first-order chi connectivity index (χ1) is 19.0. The van der Waals surface area contributed by atoms with Crippen LogP contribution in [-0.4, -0.2) is 40.4 Å². The molecule has 10 nitrogen and oxygen atoms in total. The number of halogens is 1. The Balaban J connectivity index is 1.46. The molecule has 40 heavy (non-hydrogen) atoms. The summed E-state index contributed by atoms with van der Waals surface area (Å²) in [5, 5.41) is 13.3. The van der Waals surface area contributed by atoms with Gasteiger partial charge in [0, 0.05) is 36.9 Å². The Labute approximate surface area is 237 Å². The molecule has 2 aromatic heterocycles. The molecule has 11 heteroatoms. The highest BCUT2D eigenvalue weighted by Gasteiger charge is 2.22. The van der Waals surface area contributed by atoms with Gasteiger partial charge in [-0.1, -0.05) is 50.1 Å². The quantitative estimate of drug-likeness (QED) is 0.224. The van der Waals surface area contributed by atoms with Gasteiger partial charge in [0.05, 0.1) is 22.1 Å². The van der Waals surface area contributed by atoms with Gasteiger partial charge in [0.15, 0.2) is 0 Å². The van der Waals surface area contributed by atoms with Crippen molar-refractivity contribution in [3.63, 3.8) is 0 Å². The van der Waals surface area contributed by atoms with Gasteiger partial charge in [0.25, 0.3) is 5.91 Å². The molecule has 0 spiro atoms. The molecular weight excluding hydrogens is 532 g/mol. The Morgan fingerprint density at radius 2 is 1.68 bits per heavy atom. The predicted octanol–water partition coefficient (Wildman–Crippen LogP) is 6.55. The van der Waals surface area contributed by atoms with E-state index >= 15 is 0 Å². The minimum Gasteiger partial charge on any atom is -0.457 e. The van der Waals surface area contributed by atoms with Crippen molar-refractivity contribution in [3.8, 4) is 17.2 Å². The third-order valence-electron chi connectivity index (χ3n) is 5.70. The molecule has 2 heterocycles. The standard InChI is InChI=1S/C29H31ClN6O4/c1-18-6-8-19(9-7-18)36-26(16-24(35-36)29(2,3)4)34-28(38)32-23-11-10-20(14-22(23)30)40-21-12-13-31-25(15-21)33-27(37)17-39-5/h6-16H,17H2,1-5H3,(H,31,33,37)(H2,32,34,38). The largest absolute Gasteiger partial charge is 0.457 e. The van der Waals surface area contributed by atoms with E-state index in [1.54, 1.807) is 35.0 Å². The van der Waals surface area contributed by atoms with Gasteiger partial charge in [0.2, 0.25) is 0 Å². The van der Waals surface area contributed by atoms with Crippen LogP contribution < -0.4 is 20.7 Å². The molecule has 0 atom stereocenters. The van der Waals surface area contributed by atoms with Crippen molar-refractivity contribution in [1.29, 1.82) is 0 Å². The molecule has 0 radical (unpaired) electrons. The maximum atomic E-state index is 13.0. The summed E-state index contributed by atoms with van der Waals surface area (Å²) in [6, 6.07) is 17.4. The van der Waals surface area contributed by atoms with Crippen molar-refractivity contribution in [1.82, 2.24) is 14.8 Å². The predicted molar refractivity (Wildman–Crippen MR) is 156 cm³/mol. The van der Waals surface area contributed by atoms with Crippen LogP contribution in [0.4, 0.5) is 22.1 Å². The molecule has 3 amide bonds. The maximum Gasteiger partial charge on any atom is 0.324 e. The Hall–Kier alpha value is -4.41. The highest BCUT2D eigenvalue weighted by atomic mass is 35.5. The SMILES string of the molecule is COCC(=O)Nc1cc(Oc2ccc(NC(=O)Nc3cc(C(C)(C)C)nn3-c3ccc(C)cc3)c(Cl)c2)ccn1. The topological polar surface area (TPSA) is 119 Å². The van der Waals surface area contributed by atoms with E-state index in [1.807, 2.05) is 37.3 Å². The van der Waals surface area contributed by atoms with Gasteiger partial charge in [-0.2, -0.15) is 5.10 Å². The number of ether oxygens (including phenoxy) is 2. The lowest BCUT2D eigenvalue weighted by molar-refractivity contribution is -0.119. The Morgan fingerprint density at radius 3 is 2.35 bits per heavy atom. The molecule has 0 saturated carbocycles. The molecule has 0 saturated heterocycles. The number of aryl methyl sites for hydroxylation is 1. The molecule has 0 aliphatic carbocycles. The van der Waals surface area contributed by atoms with E-state index in [0.29, 0.717) is 28.8 Å². The van der Waals surface area contributed by atoms with Crippen LogP contribution in [0, 0.1) is 6.92 Å². The van der Waals surface area contributed by atoms with E-state index in [0.717, 1.165) is 16.9 Å². The molecule has 0 fully saturated rings. The second-order valence-corrected chi connectivity index (χ2v) is 10.5. The van der Waals surface area contributed by atoms with E-state index in [9.17, 15) is 9.59 Å². The number of nitrogens with one attached hydrogen (secondary N) is 3. The first-order valence-electron chi connectivity index (χ1n) is 12.5. The Kier molecular flexibility index (Phi) is 8.71. The second kappa shape index (κ2) is 12.2. The van der Waals surface area contributed by atoms with Crippen LogP contribution in [0.3, 0.4) is 0 Å². The number of benzene rings is 2. The number of hydrogen-bond acceptors (Lipinski definition) is 6. The third-order valence-corrected chi connectivity index (χ3v) is 6.01. The molecule has 0 unspecified atom stereocenters. The van der Waals surface area contributed by atoms with Crippen LogP contribution in [0.15, 0.2) is 66.9 Å². The first kappa shape index (κ1) is 28.6. The highest BCUT2D eigenvalue weighted by molar-refractivity contribution is 6.34. The zero-order chi connectivity index (χ0) is 28.9. The van der Waals surface area contributed by atoms with E-state index in [-0.39, 0.29) is 23.0 Å². The normalized spacial score (nSPS) is 11.2. The number of pyridine rings is 1. The third kappa shape index (κ3) is 7.37. The number of hydrogen-bond donors (Lipinski definition) is 3. The summed E-state index contributed by atoms with van der Waals surface area (Å²) < 4.78 is 12.4. The number of urea groups is 1. The fourth-order valence-corrected chi connectivity index (χ4v) is 3.86. The summed E-state index contributed by atoms with van der Waals surface area (Å²) in [5.74, 6) is 1.38. The highest BCUT2D eigenvalue weighted by Crippen LogP contribution is 2.31. The summed E-state index contributed by atoms with van der Waals surface area (Å²) in [5.41, 5.74) is 2.96. The summed E-state index contributed by atoms with van der Waals surface area (Å²) in [6.07, 6.45) is 1.51. The van der Waals surface area contributed by atoms with Gasteiger partial charge in [0.1, 0.15) is 29.7 Å². The van der Waals surface area contributed by atoms with Crippen LogP contribution in [-0.2, 0) is 14.9 Å². The lowest BCUT2D eigenvalue weighted by Crippen LogP contribution is -2.21. The lowest BCUT2D eigenvalue weighted by atomic mass is 9.92. The summed E-state index contributed by atoms with van der Waals surface area (Å²) in [6.45, 7) is 8.11. The van der Waals surface area contributed by atoms with Crippen LogP contribution >= 0.6 is 11.6 Å². The average molecular weight is 563 g/mol. The van der Waals surface area contributed by atoms with Gasteiger partial charge in [-0.05, 0) is 37.3 Å². The van der Waals surface area contributed by atoms with Crippen molar-refractivity contribution in [2.75, 3.05) is 29.7 Å². The van der Waals surface area contributed by atoms with E-state index in [2.05, 4.69) is 41.7 Å². The maximum absolute atomic E-state index is 13.0. The zero-order valence-corrected chi connectivity index (χ0v) is 23.7. The fourth-order valence-electron chi connectivity index (χ4n) is 3.64. The minimum atomic E-state index is -0.477. The number of carbonyl (C=O) groups excluding carboxylic acids is 2. The number of aromatic nitrogens is 3. The molecule has 0 aliphatic heterocycles. The van der Waals surface area contributed by atoms with Gasteiger partial charge in [-0.25, -0.2) is 14.5 Å². The number of carbonyl (C=O) groups is 2. The molecule has 0 bridgehead atoms. The molecule has 4 aromatic rings. The Morgan fingerprint density at radius 1 is 0.950 bits per heavy atom. The van der Waals surface area contributed by atoms with E-state index < -0.39 is 6.03 Å². The van der Waals surface area contributed by atoms with Crippen molar-refractivity contribution in [2.24, 2.45) is 0 Å². The summed E-state index contributed by atoms with van der Waals surface area (Å²) in [7, 11) is 1.43. The molecule has 3 N–H and O–H groups in total. The minimum absolute atomic E-state index is 0.0868. The van der Waals surface area contributed by atoms with Crippen molar-refractivity contribution < 1.29 is 19.1 Å². The fraction of sp³-hybridized carbons (Fsp3) is 0.241. The van der Waals surface area contributed by atoms with Gasteiger partial charge in [-0.15, -0.1) is 0 Å². The van der Waals surface area contributed by atoms with Gasteiger partial charge < -0.3 is 20.1 Å². The van der Waals surface area contributed by atoms with E-state index in [1.165, 1.54) is 13.3 Å². The van der Waals surface area contributed by atoms with Crippen LogP contribution in [0.2, 0.25) is 5.02 Å². The van der Waals surface area contributed by atoms with Gasteiger partial charge in [-0.3, -0.25) is 10.1 Å². The van der Waals surface area contributed by atoms with Crippen molar-refractivity contribution >= 4 is 40.9 Å². The molecule has 2 aromatic carbocycles. The Bertz CT molecular complexity index is 1510. The van der Waals surface area contributed by atoms with Crippen LogP contribution in [0.25, 0.3) is 5.69 Å². The summed E-state index contributed by atoms with van der Waals surface area (Å²) >= 11 is 6.46. The smallest absolute Gasteiger partial charge is 0.324 e. The number of rotatable bonds is 8. The second-order valence-electron chi connectivity index (χ2n) is 10.1. The van der Waals surface area contributed by atoms with Gasteiger partial charge >= 0.3 is 6.03 Å². The number of amides is 3. The zero-order valence-electron chi connectivity index (χ0n) is 22.9. The lowest BCUT2D eigenvalue weighted by Gasteiger charge is -2.14. The average Bonchev–Trinajstić information content (AvgIpc) is 3.31. The van der Waals surface area contributed by atoms with Crippen LogP contribution in [0.5, 0.6) is 11.5 Å². The van der Waals surface area contributed by atoms with E-state index in [4.69, 9.17) is 26.2 Å². The number of anilines is 3. The molecule has 0 aliphatic rings. The molecular formula is C29H31ClN6O4. The molecule has 208 valence electrons. The molecule has 4 rings (SSSR count). The van der Waals surface area contributed by atoms with Crippen molar-refractivity contribution in [2.45, 2.75) is 33.1 Å². The summed E-state index contributed by atoms with van der Waals surface area (Å²) in [4.78, 5) is 28.8. The number of nitrogens with zero attached hydrogens (tertiary/aromatic N) is 3. The van der Waals surface area contributed by atoms with Crippen LogP contribution in [0.1, 0.15) is 32.0 Å².